The Labute approximate surface area is 95.6 Å². The van der Waals surface area contributed by atoms with Crippen molar-refractivity contribution in [3.63, 3.8) is 0 Å². The Bertz CT molecular complexity index is 332. The normalized spacial score (nSPS) is 20.5. The number of anilines is 2. The van der Waals surface area contributed by atoms with E-state index in [1.165, 1.54) is 29.8 Å². The summed E-state index contributed by atoms with van der Waals surface area (Å²) in [6.45, 7) is 3.18. The average molecular weight is 222 g/mol. The molecule has 0 spiro atoms. The third-order valence-corrected chi connectivity index (χ3v) is 4.20. The highest BCUT2D eigenvalue weighted by molar-refractivity contribution is 8.00. The van der Waals surface area contributed by atoms with Gasteiger partial charge in [0, 0.05) is 23.2 Å². The minimum absolute atomic E-state index is 0.783. The van der Waals surface area contributed by atoms with Crippen LogP contribution < -0.4 is 11.1 Å². The molecule has 1 aromatic carbocycles. The van der Waals surface area contributed by atoms with Crippen LogP contribution in [0.25, 0.3) is 0 Å². The van der Waals surface area contributed by atoms with E-state index in [0.717, 1.165) is 17.5 Å². The second kappa shape index (κ2) is 4.79. The van der Waals surface area contributed by atoms with Gasteiger partial charge in [0.05, 0.1) is 0 Å². The van der Waals surface area contributed by atoms with E-state index in [4.69, 9.17) is 5.73 Å². The van der Waals surface area contributed by atoms with Gasteiger partial charge < -0.3 is 11.1 Å². The Hall–Kier alpha value is -0.830. The number of hydrogen-bond acceptors (Lipinski definition) is 3. The van der Waals surface area contributed by atoms with Crippen LogP contribution in [0.3, 0.4) is 0 Å². The summed E-state index contributed by atoms with van der Waals surface area (Å²) in [5, 5.41) is 4.28. The molecule has 2 nitrogen and oxygen atoms in total. The maximum Gasteiger partial charge on any atom is 0.0390 e. The van der Waals surface area contributed by atoms with Crippen LogP contribution in [0.5, 0.6) is 0 Å². The maximum absolute atomic E-state index is 5.77. The van der Waals surface area contributed by atoms with Crippen LogP contribution in [0.2, 0.25) is 0 Å². The van der Waals surface area contributed by atoms with Gasteiger partial charge in [-0.1, -0.05) is 6.07 Å². The quantitative estimate of drug-likeness (QED) is 0.772. The first kappa shape index (κ1) is 10.7. The number of nitrogens with one attached hydrogen (secondary N) is 1. The first-order chi connectivity index (χ1) is 7.25. The first-order valence-corrected chi connectivity index (χ1v) is 6.52. The van der Waals surface area contributed by atoms with Gasteiger partial charge in [0.15, 0.2) is 0 Å². The number of thioether (sulfide) groups is 1. The second-order valence-corrected chi connectivity index (χ2v) is 5.50. The molecule has 1 aliphatic rings. The molecule has 1 aromatic rings. The van der Waals surface area contributed by atoms with Crippen molar-refractivity contribution < 1.29 is 0 Å². The molecule has 0 saturated carbocycles. The SMILES string of the molecule is Cc1ccc(N)cc1NCC1CCCS1. The molecule has 0 amide bonds. The molecule has 0 bridgehead atoms. The van der Waals surface area contributed by atoms with Gasteiger partial charge in [-0.05, 0) is 43.2 Å². The van der Waals surface area contributed by atoms with Crippen molar-refractivity contribution in [2.24, 2.45) is 0 Å². The minimum atomic E-state index is 0.783. The highest BCUT2D eigenvalue weighted by Crippen LogP contribution is 2.27. The van der Waals surface area contributed by atoms with Gasteiger partial charge in [-0.25, -0.2) is 0 Å². The maximum atomic E-state index is 5.77. The number of aryl methyl sites for hydroxylation is 1. The van der Waals surface area contributed by atoms with E-state index in [2.05, 4.69) is 30.1 Å². The van der Waals surface area contributed by atoms with Gasteiger partial charge in [0.2, 0.25) is 0 Å². The van der Waals surface area contributed by atoms with Crippen LogP contribution in [0, 0.1) is 6.92 Å². The number of rotatable bonds is 3. The monoisotopic (exact) mass is 222 g/mol. The topological polar surface area (TPSA) is 38.0 Å². The predicted octanol–water partition coefficient (Wildman–Crippen LogP) is 2.88. The van der Waals surface area contributed by atoms with Crippen molar-refractivity contribution in [2.75, 3.05) is 23.3 Å². The van der Waals surface area contributed by atoms with E-state index in [9.17, 15) is 0 Å². The van der Waals surface area contributed by atoms with E-state index in [0.29, 0.717) is 0 Å². The average Bonchev–Trinajstić information content (AvgIpc) is 2.72. The number of nitrogens with two attached hydrogens (primary N) is 1. The van der Waals surface area contributed by atoms with Crippen molar-refractivity contribution in [1.29, 1.82) is 0 Å². The van der Waals surface area contributed by atoms with E-state index >= 15 is 0 Å². The van der Waals surface area contributed by atoms with E-state index in [1.807, 2.05) is 12.1 Å². The largest absolute Gasteiger partial charge is 0.399 e. The van der Waals surface area contributed by atoms with Crippen LogP contribution in [0.15, 0.2) is 18.2 Å². The van der Waals surface area contributed by atoms with Gasteiger partial charge in [0.1, 0.15) is 0 Å². The fourth-order valence-electron chi connectivity index (χ4n) is 1.86. The molecule has 1 heterocycles. The molecule has 1 saturated heterocycles. The smallest absolute Gasteiger partial charge is 0.0390 e. The van der Waals surface area contributed by atoms with E-state index in [1.54, 1.807) is 0 Å². The van der Waals surface area contributed by atoms with Crippen molar-refractivity contribution in [3.05, 3.63) is 23.8 Å². The predicted molar refractivity (Wildman–Crippen MR) is 69.6 cm³/mol. The highest BCUT2D eigenvalue weighted by atomic mass is 32.2. The van der Waals surface area contributed by atoms with Crippen molar-refractivity contribution in [1.82, 2.24) is 0 Å². The van der Waals surface area contributed by atoms with Gasteiger partial charge in [0.25, 0.3) is 0 Å². The van der Waals surface area contributed by atoms with Gasteiger partial charge >= 0.3 is 0 Å². The molecule has 0 aromatic heterocycles. The van der Waals surface area contributed by atoms with Crippen LogP contribution >= 0.6 is 11.8 Å². The van der Waals surface area contributed by atoms with Crippen LogP contribution in [-0.2, 0) is 0 Å². The fourth-order valence-corrected chi connectivity index (χ4v) is 3.06. The Morgan fingerprint density at radius 2 is 2.40 bits per heavy atom. The molecule has 82 valence electrons. The standard InChI is InChI=1S/C12H18N2S/c1-9-4-5-10(13)7-12(9)14-8-11-3-2-6-15-11/h4-5,7,11,14H,2-3,6,8,13H2,1H3. The van der Waals surface area contributed by atoms with Crippen LogP contribution in [0.4, 0.5) is 11.4 Å². The fraction of sp³-hybridized carbons (Fsp3) is 0.500. The van der Waals surface area contributed by atoms with Gasteiger partial charge in [-0.15, -0.1) is 0 Å². The zero-order valence-corrected chi connectivity index (χ0v) is 9.94. The summed E-state index contributed by atoms with van der Waals surface area (Å²) in [7, 11) is 0. The summed E-state index contributed by atoms with van der Waals surface area (Å²) >= 11 is 2.08. The van der Waals surface area contributed by atoms with Gasteiger partial charge in [-0.2, -0.15) is 11.8 Å². The number of hydrogen-bond donors (Lipinski definition) is 2. The number of nitrogen functional groups attached to an aromatic ring is 1. The highest BCUT2D eigenvalue weighted by Gasteiger charge is 2.15. The molecule has 3 N–H and O–H groups in total. The third-order valence-electron chi connectivity index (χ3n) is 2.81. The molecule has 0 radical (unpaired) electrons. The zero-order valence-electron chi connectivity index (χ0n) is 9.12. The van der Waals surface area contributed by atoms with Crippen molar-refractivity contribution in [3.8, 4) is 0 Å². The Morgan fingerprint density at radius 1 is 1.53 bits per heavy atom. The molecule has 3 heteroatoms. The summed E-state index contributed by atoms with van der Waals surface area (Å²) in [5.74, 6) is 1.32. The summed E-state index contributed by atoms with van der Waals surface area (Å²) in [5.41, 5.74) is 9.05. The molecular formula is C12H18N2S. The lowest BCUT2D eigenvalue weighted by molar-refractivity contribution is 0.805. The summed E-state index contributed by atoms with van der Waals surface area (Å²) in [6.07, 6.45) is 2.71. The Kier molecular flexibility index (Phi) is 3.41. The summed E-state index contributed by atoms with van der Waals surface area (Å²) in [6, 6.07) is 6.04. The molecule has 0 aliphatic carbocycles. The van der Waals surface area contributed by atoms with Gasteiger partial charge in [-0.3, -0.25) is 0 Å². The molecule has 1 atom stereocenters. The molecule has 15 heavy (non-hydrogen) atoms. The lowest BCUT2D eigenvalue weighted by atomic mass is 10.1. The zero-order chi connectivity index (χ0) is 10.7. The third kappa shape index (κ3) is 2.81. The van der Waals surface area contributed by atoms with Crippen molar-refractivity contribution in [2.45, 2.75) is 25.0 Å². The Morgan fingerprint density at radius 3 is 3.13 bits per heavy atom. The first-order valence-electron chi connectivity index (χ1n) is 5.47. The molecule has 1 fully saturated rings. The second-order valence-electron chi connectivity index (χ2n) is 4.09. The molecule has 2 rings (SSSR count). The minimum Gasteiger partial charge on any atom is -0.399 e. The van der Waals surface area contributed by atoms with Crippen LogP contribution in [-0.4, -0.2) is 17.5 Å². The molecule has 1 unspecified atom stereocenters. The van der Waals surface area contributed by atoms with E-state index in [-0.39, 0.29) is 0 Å². The summed E-state index contributed by atoms with van der Waals surface area (Å²) in [4.78, 5) is 0. The summed E-state index contributed by atoms with van der Waals surface area (Å²) < 4.78 is 0. The lowest BCUT2D eigenvalue weighted by Crippen LogP contribution is -2.14. The van der Waals surface area contributed by atoms with Crippen molar-refractivity contribution >= 4 is 23.1 Å². The molecular weight excluding hydrogens is 204 g/mol. The number of benzene rings is 1. The molecule has 1 aliphatic heterocycles. The van der Waals surface area contributed by atoms with E-state index < -0.39 is 0 Å². The van der Waals surface area contributed by atoms with Crippen LogP contribution in [0.1, 0.15) is 18.4 Å². The Balaban J connectivity index is 1.94. The lowest BCUT2D eigenvalue weighted by Gasteiger charge is -2.13.